The number of hydrogen-bond donors (Lipinski definition) is 4. The minimum absolute atomic E-state index is 0.00875. The van der Waals surface area contributed by atoms with Crippen molar-refractivity contribution in [3.8, 4) is 0 Å². The number of likely N-dealkylation sites (tertiary alicyclic amines) is 1. The second-order valence-electron chi connectivity index (χ2n) is 16.0. The molecule has 0 spiro atoms. The van der Waals surface area contributed by atoms with Gasteiger partial charge in [0.15, 0.2) is 9.84 Å². The molecule has 15 nitrogen and oxygen atoms in total. The molecule has 1 aromatic carbocycles. The Hall–Kier alpha value is -4.18. The van der Waals surface area contributed by atoms with E-state index in [1.807, 2.05) is 0 Å². The number of carbonyl (C=O) groups excluding carboxylic acids is 5. The number of Topliss-reactive ketones (excluding diaryl/α,β-unsaturated/α-hetero) is 1. The lowest BCUT2D eigenvalue weighted by molar-refractivity contribution is -0.145. The van der Waals surface area contributed by atoms with E-state index in [-0.39, 0.29) is 41.7 Å². The summed E-state index contributed by atoms with van der Waals surface area (Å²) in [6.45, 7) is 3.15. The monoisotopic (exact) mass is 739 g/mol. The van der Waals surface area contributed by atoms with Crippen molar-refractivity contribution in [3.63, 3.8) is 0 Å². The van der Waals surface area contributed by atoms with Gasteiger partial charge < -0.3 is 26.4 Å². The molecule has 6 rings (SSSR count). The zero-order chi connectivity index (χ0) is 37.6. The van der Waals surface area contributed by atoms with Crippen LogP contribution in [0.1, 0.15) is 113 Å². The van der Waals surface area contributed by atoms with Crippen LogP contribution < -0.4 is 16.4 Å². The van der Waals surface area contributed by atoms with E-state index < -0.39 is 68.5 Å². The van der Waals surface area contributed by atoms with Gasteiger partial charge in [-0.1, -0.05) is 24.5 Å². The maximum Gasteiger partial charge on any atom is 0.287 e. The summed E-state index contributed by atoms with van der Waals surface area (Å²) < 4.78 is 25.6. The molecule has 3 unspecified atom stereocenters. The van der Waals surface area contributed by atoms with Gasteiger partial charge in [-0.2, -0.15) is 0 Å². The van der Waals surface area contributed by atoms with Crippen LogP contribution in [-0.2, 0) is 34.6 Å². The topological polar surface area (TPSA) is 224 Å². The van der Waals surface area contributed by atoms with Gasteiger partial charge in [0.25, 0.3) is 11.8 Å². The third-order valence-corrected chi connectivity index (χ3v) is 12.9. The van der Waals surface area contributed by atoms with Gasteiger partial charge in [0, 0.05) is 24.8 Å². The van der Waals surface area contributed by atoms with Gasteiger partial charge in [-0.3, -0.25) is 24.0 Å². The van der Waals surface area contributed by atoms with E-state index in [9.17, 15) is 37.5 Å². The maximum absolute atomic E-state index is 14.9. The van der Waals surface area contributed by atoms with Gasteiger partial charge in [-0.25, -0.2) is 13.1 Å². The molecule has 3 saturated carbocycles. The fourth-order valence-corrected chi connectivity index (χ4v) is 9.71. The second kappa shape index (κ2) is 14.0. The summed E-state index contributed by atoms with van der Waals surface area (Å²) in [7, 11) is -3.50. The lowest BCUT2D eigenvalue weighted by Gasteiger charge is -2.38. The molecule has 282 valence electrons. The Labute approximate surface area is 303 Å². The Morgan fingerprint density at radius 2 is 1.69 bits per heavy atom. The molecule has 2 aromatic rings. The van der Waals surface area contributed by atoms with Gasteiger partial charge >= 0.3 is 0 Å². The van der Waals surface area contributed by atoms with Crippen molar-refractivity contribution in [2.75, 3.05) is 12.8 Å². The van der Waals surface area contributed by atoms with Gasteiger partial charge in [0.05, 0.1) is 22.8 Å². The van der Waals surface area contributed by atoms with E-state index in [4.69, 9.17) is 5.73 Å². The summed E-state index contributed by atoms with van der Waals surface area (Å²) in [6, 6.07) is 2.73. The van der Waals surface area contributed by atoms with Crippen LogP contribution in [0.15, 0.2) is 35.4 Å². The highest BCUT2D eigenvalue weighted by atomic mass is 32.2. The summed E-state index contributed by atoms with van der Waals surface area (Å²) in [5.74, 6) is -3.14. The van der Waals surface area contributed by atoms with Crippen molar-refractivity contribution in [2.24, 2.45) is 17.1 Å². The zero-order valence-electron chi connectivity index (χ0n) is 30.0. The third kappa shape index (κ3) is 7.49. The van der Waals surface area contributed by atoms with Crippen LogP contribution in [0.5, 0.6) is 0 Å². The second-order valence-corrected chi connectivity index (χ2v) is 18.0. The predicted octanol–water partition coefficient (Wildman–Crippen LogP) is 1.69. The van der Waals surface area contributed by atoms with Gasteiger partial charge in [0.1, 0.15) is 23.2 Å². The average molecular weight is 740 g/mol. The molecule has 2 heterocycles. The lowest BCUT2D eigenvalue weighted by atomic mass is 9.77. The van der Waals surface area contributed by atoms with Crippen molar-refractivity contribution in [3.05, 3.63) is 41.7 Å². The molecule has 16 heteroatoms. The van der Waals surface area contributed by atoms with E-state index >= 15 is 0 Å². The Morgan fingerprint density at radius 3 is 2.25 bits per heavy atom. The third-order valence-electron chi connectivity index (χ3n) is 11.8. The first-order valence-corrected chi connectivity index (χ1v) is 20.0. The molecule has 3 aliphatic carbocycles. The number of benzene rings is 1. The van der Waals surface area contributed by atoms with Crippen LogP contribution in [0.25, 0.3) is 0 Å². The molecule has 52 heavy (non-hydrogen) atoms. The molecule has 1 aliphatic heterocycles. The maximum atomic E-state index is 14.9. The Bertz CT molecular complexity index is 1840. The van der Waals surface area contributed by atoms with Crippen molar-refractivity contribution < 1.29 is 37.5 Å². The number of fused-ring (bicyclic) bond motifs is 2. The first kappa shape index (κ1) is 37.6. The number of ketones is 1. The SMILES string of the molecule is CC(C)(O)c1cnnn1C1CC(C(=O)NC2(C(=O)C(N)=O)CCCCC2)N(C(=O)C(CC23CCC(CC2)C3)NC(=O)c2ccc(S(C)(=O)=O)cc2)C1. The molecule has 1 saturated heterocycles. The van der Waals surface area contributed by atoms with E-state index in [0.717, 1.165) is 44.8 Å². The highest BCUT2D eigenvalue weighted by molar-refractivity contribution is 7.90. The zero-order valence-corrected chi connectivity index (χ0v) is 30.8. The fraction of sp³-hybridized carbons (Fsp3) is 0.639. The first-order valence-electron chi connectivity index (χ1n) is 18.1. The van der Waals surface area contributed by atoms with Crippen molar-refractivity contribution >= 4 is 39.2 Å². The molecule has 3 atom stereocenters. The molecular weight excluding hydrogens is 691 g/mol. The number of carbonyl (C=O) groups is 5. The number of aromatic nitrogens is 3. The number of primary amides is 1. The Kier molecular flexibility index (Phi) is 10.1. The van der Waals surface area contributed by atoms with Crippen LogP contribution >= 0.6 is 0 Å². The number of hydrogen-bond acceptors (Lipinski definition) is 10. The summed E-state index contributed by atoms with van der Waals surface area (Å²) in [5.41, 5.74) is 3.01. The average Bonchev–Trinajstić information content (AvgIpc) is 3.91. The van der Waals surface area contributed by atoms with Crippen LogP contribution in [0.3, 0.4) is 0 Å². The molecule has 4 amide bonds. The molecule has 1 aromatic heterocycles. The van der Waals surface area contributed by atoms with E-state index in [2.05, 4.69) is 20.9 Å². The Balaban J connectivity index is 1.34. The molecule has 4 aliphatic rings. The minimum atomic E-state index is -3.50. The fourth-order valence-electron chi connectivity index (χ4n) is 9.08. The Morgan fingerprint density at radius 1 is 1.04 bits per heavy atom. The van der Waals surface area contributed by atoms with Crippen molar-refractivity contribution in [1.82, 2.24) is 30.5 Å². The van der Waals surface area contributed by atoms with Crippen LogP contribution in [-0.4, -0.2) is 93.3 Å². The lowest BCUT2D eigenvalue weighted by Crippen LogP contribution is -2.62. The predicted molar refractivity (Wildman–Crippen MR) is 187 cm³/mol. The first-order chi connectivity index (χ1) is 24.4. The van der Waals surface area contributed by atoms with Gasteiger partial charge in [-0.15, -0.1) is 5.10 Å². The molecule has 0 radical (unpaired) electrons. The quantitative estimate of drug-likeness (QED) is 0.231. The number of sulfone groups is 1. The summed E-state index contributed by atoms with van der Waals surface area (Å²) >= 11 is 0. The molecule has 4 fully saturated rings. The highest BCUT2D eigenvalue weighted by Gasteiger charge is 2.51. The standard InChI is InChI=1S/C36H49N7O8S/c1-34(2,49)28-20-38-41-43(28)24-17-27(32(47)40-36(29(44)30(37)45)13-5-4-6-14-36)42(21-24)33(48)26(19-35-15-11-22(18-35)12-16-35)39-31(46)23-7-9-25(10-8-23)52(3,50)51/h7-10,20,22,24,26-27,49H,4-6,11-19,21H2,1-3H3,(H2,37,45)(H,39,46)(H,40,47). The van der Waals surface area contributed by atoms with Crippen molar-refractivity contribution in [2.45, 2.75) is 125 Å². The minimum Gasteiger partial charge on any atom is -0.384 e. The molecule has 2 bridgehead atoms. The number of aliphatic hydroxyl groups is 1. The number of nitrogens with zero attached hydrogens (tertiary/aromatic N) is 4. The number of nitrogens with one attached hydrogen (secondary N) is 2. The van der Waals surface area contributed by atoms with Crippen LogP contribution in [0, 0.1) is 11.3 Å². The molecular formula is C36H49N7O8S. The van der Waals surface area contributed by atoms with E-state index in [0.29, 0.717) is 30.9 Å². The highest BCUT2D eigenvalue weighted by Crippen LogP contribution is 2.56. The smallest absolute Gasteiger partial charge is 0.287 e. The van der Waals surface area contributed by atoms with Gasteiger partial charge in [-0.05, 0) is 101 Å². The van der Waals surface area contributed by atoms with E-state index in [1.54, 1.807) is 13.8 Å². The van der Waals surface area contributed by atoms with Crippen LogP contribution in [0.4, 0.5) is 0 Å². The van der Waals surface area contributed by atoms with Crippen molar-refractivity contribution in [1.29, 1.82) is 0 Å². The van der Waals surface area contributed by atoms with Gasteiger partial charge in [0.2, 0.25) is 17.6 Å². The normalized spacial score (nSPS) is 26.2. The summed E-state index contributed by atoms with van der Waals surface area (Å²) in [6.07, 6.45) is 10.3. The summed E-state index contributed by atoms with van der Waals surface area (Å²) in [4.78, 5) is 69.8. The molecule has 5 N–H and O–H groups in total. The van der Waals surface area contributed by atoms with Crippen LogP contribution in [0.2, 0.25) is 0 Å². The van der Waals surface area contributed by atoms with E-state index in [1.165, 1.54) is 40.0 Å². The number of amides is 4. The number of rotatable bonds is 12. The largest absolute Gasteiger partial charge is 0.384 e. The summed E-state index contributed by atoms with van der Waals surface area (Å²) in [5, 5.41) is 24.9. The number of nitrogens with two attached hydrogens (primary N) is 1.